The maximum Gasteiger partial charge on any atom is 0.0391 e. The van der Waals surface area contributed by atoms with Gasteiger partial charge in [0.15, 0.2) is 0 Å². The van der Waals surface area contributed by atoms with Crippen LogP contribution in [0.25, 0.3) is 0 Å². The molecule has 4 bridgehead atoms. The van der Waals surface area contributed by atoms with Crippen LogP contribution < -0.4 is 5.73 Å². The molecule has 0 aromatic heterocycles. The van der Waals surface area contributed by atoms with Gasteiger partial charge in [-0.05, 0) is 81.6 Å². The van der Waals surface area contributed by atoms with E-state index in [0.29, 0.717) is 5.54 Å². The zero-order valence-corrected chi connectivity index (χ0v) is 12.5. The Morgan fingerprint density at radius 2 is 1.68 bits per heavy atom. The molecule has 19 heavy (non-hydrogen) atoms. The highest BCUT2D eigenvalue weighted by Gasteiger charge is 2.60. The lowest BCUT2D eigenvalue weighted by atomic mass is 9.48. The minimum atomic E-state index is 0.407. The first kappa shape index (κ1) is 12.6. The second-order valence-corrected chi connectivity index (χ2v) is 7.90. The van der Waals surface area contributed by atoms with Crippen molar-refractivity contribution >= 4 is 0 Å². The molecule has 0 spiro atoms. The van der Waals surface area contributed by atoms with Crippen LogP contribution in [0, 0.1) is 23.7 Å². The lowest BCUT2D eigenvalue weighted by Gasteiger charge is -2.65. The smallest absolute Gasteiger partial charge is 0.0391 e. The Morgan fingerprint density at radius 1 is 1.05 bits per heavy atom. The van der Waals surface area contributed by atoms with Crippen LogP contribution in [0.4, 0.5) is 0 Å². The number of rotatable bonds is 3. The molecule has 108 valence electrons. The molecule has 4 aliphatic carbocycles. The molecular weight excluding hydrogens is 232 g/mol. The predicted octanol–water partition coefficient (Wildman–Crippen LogP) is 3.01. The molecule has 5 fully saturated rings. The molecule has 0 aromatic rings. The first-order valence-electron chi connectivity index (χ1n) is 8.74. The zero-order chi connectivity index (χ0) is 13.0. The van der Waals surface area contributed by atoms with Crippen LogP contribution in [-0.4, -0.2) is 29.6 Å². The van der Waals surface area contributed by atoms with Gasteiger partial charge < -0.3 is 5.73 Å². The van der Waals surface area contributed by atoms with Crippen LogP contribution in [0.3, 0.4) is 0 Å². The summed E-state index contributed by atoms with van der Waals surface area (Å²) in [5, 5.41) is 0. The van der Waals surface area contributed by atoms with Gasteiger partial charge in [0, 0.05) is 18.1 Å². The summed E-state index contributed by atoms with van der Waals surface area (Å²) < 4.78 is 0. The van der Waals surface area contributed by atoms with E-state index < -0.39 is 0 Å². The van der Waals surface area contributed by atoms with Crippen molar-refractivity contribution < 1.29 is 0 Å². The minimum Gasteiger partial charge on any atom is -0.329 e. The highest BCUT2D eigenvalue weighted by molar-refractivity contribution is 5.14. The molecule has 2 nitrogen and oxygen atoms in total. The monoisotopic (exact) mass is 262 g/mol. The van der Waals surface area contributed by atoms with Crippen LogP contribution in [0.2, 0.25) is 0 Å². The van der Waals surface area contributed by atoms with Gasteiger partial charge in [-0.25, -0.2) is 0 Å². The second kappa shape index (κ2) is 4.46. The van der Waals surface area contributed by atoms with Crippen molar-refractivity contribution in [1.82, 2.24) is 4.90 Å². The zero-order valence-electron chi connectivity index (χ0n) is 12.5. The summed E-state index contributed by atoms with van der Waals surface area (Å²) >= 11 is 0. The van der Waals surface area contributed by atoms with Crippen LogP contribution in [-0.2, 0) is 0 Å². The molecule has 0 aromatic carbocycles. The van der Waals surface area contributed by atoms with Crippen molar-refractivity contribution in [2.24, 2.45) is 29.4 Å². The van der Waals surface area contributed by atoms with Crippen LogP contribution in [0.15, 0.2) is 0 Å². The van der Waals surface area contributed by atoms with Gasteiger partial charge in [-0.2, -0.15) is 0 Å². The Labute approximate surface area is 118 Å². The summed E-state index contributed by atoms with van der Waals surface area (Å²) in [5.41, 5.74) is 6.85. The van der Waals surface area contributed by atoms with Crippen molar-refractivity contribution in [2.75, 3.05) is 13.1 Å². The van der Waals surface area contributed by atoms with Crippen LogP contribution >= 0.6 is 0 Å². The molecule has 1 atom stereocenters. The molecule has 0 amide bonds. The largest absolute Gasteiger partial charge is 0.329 e. The van der Waals surface area contributed by atoms with Crippen LogP contribution in [0.1, 0.15) is 58.3 Å². The third-order valence-electron chi connectivity index (χ3n) is 7.26. The van der Waals surface area contributed by atoms with Gasteiger partial charge in [-0.1, -0.05) is 6.92 Å². The Hall–Kier alpha value is -0.0800. The summed E-state index contributed by atoms with van der Waals surface area (Å²) in [5.74, 6) is 3.98. The van der Waals surface area contributed by atoms with E-state index in [2.05, 4.69) is 11.8 Å². The normalized spacial score (nSPS) is 53.1. The summed E-state index contributed by atoms with van der Waals surface area (Å²) in [6.45, 7) is 4.64. The second-order valence-electron chi connectivity index (χ2n) is 7.90. The van der Waals surface area contributed by atoms with Crippen molar-refractivity contribution in [3.8, 4) is 0 Å². The van der Waals surface area contributed by atoms with E-state index in [1.54, 1.807) is 6.42 Å². The predicted molar refractivity (Wildman–Crippen MR) is 78.8 cm³/mol. The minimum absolute atomic E-state index is 0.407. The number of nitrogens with two attached hydrogens (primary N) is 1. The SMILES string of the molecule is CCC1CCCN1C1(CN)C2CC3CC(C2)CC1C3. The van der Waals surface area contributed by atoms with Gasteiger partial charge in [0.05, 0.1) is 0 Å². The molecule has 0 radical (unpaired) electrons. The van der Waals surface area contributed by atoms with E-state index in [1.165, 1.54) is 51.5 Å². The van der Waals surface area contributed by atoms with E-state index in [9.17, 15) is 0 Å². The first-order chi connectivity index (χ1) is 9.27. The molecule has 5 rings (SSSR count). The third-order valence-corrected chi connectivity index (χ3v) is 7.26. The van der Waals surface area contributed by atoms with Gasteiger partial charge in [0.1, 0.15) is 0 Å². The fraction of sp³-hybridized carbons (Fsp3) is 1.00. The molecule has 1 saturated heterocycles. The molecule has 2 N–H and O–H groups in total. The van der Waals surface area contributed by atoms with Gasteiger partial charge >= 0.3 is 0 Å². The Balaban J connectivity index is 1.69. The van der Waals surface area contributed by atoms with Crippen molar-refractivity contribution in [3.05, 3.63) is 0 Å². The van der Waals surface area contributed by atoms with Gasteiger partial charge in [-0.3, -0.25) is 4.90 Å². The average Bonchev–Trinajstić information content (AvgIpc) is 2.87. The third kappa shape index (κ3) is 1.62. The fourth-order valence-electron chi connectivity index (χ4n) is 6.73. The Morgan fingerprint density at radius 3 is 2.21 bits per heavy atom. The maximum absolute atomic E-state index is 6.44. The topological polar surface area (TPSA) is 29.3 Å². The summed E-state index contributed by atoms with van der Waals surface area (Å²) in [6.07, 6.45) is 11.7. The van der Waals surface area contributed by atoms with Gasteiger partial charge in [0.2, 0.25) is 0 Å². The average molecular weight is 262 g/mol. The number of hydrogen-bond donors (Lipinski definition) is 1. The molecule has 1 aliphatic heterocycles. The maximum atomic E-state index is 6.44. The van der Waals surface area contributed by atoms with Crippen LogP contribution in [0.5, 0.6) is 0 Å². The van der Waals surface area contributed by atoms with Crippen molar-refractivity contribution in [3.63, 3.8) is 0 Å². The molecule has 1 heterocycles. The quantitative estimate of drug-likeness (QED) is 0.847. The lowest BCUT2D eigenvalue weighted by Crippen LogP contribution is -2.70. The summed E-state index contributed by atoms with van der Waals surface area (Å²) in [6, 6.07) is 0.834. The standard InChI is InChI=1S/C17H30N2/c1-2-16-4-3-5-19(16)17(11-18)14-7-12-6-13(9-14)10-15(17)8-12/h12-16H,2-11,18H2,1H3. The molecule has 2 heteroatoms. The van der Waals surface area contributed by atoms with E-state index >= 15 is 0 Å². The Bertz CT molecular complexity index is 323. The summed E-state index contributed by atoms with van der Waals surface area (Å²) in [7, 11) is 0. The van der Waals surface area contributed by atoms with E-state index in [1.807, 2.05) is 0 Å². The highest BCUT2D eigenvalue weighted by Crippen LogP contribution is 2.60. The number of nitrogens with zero attached hydrogens (tertiary/aromatic N) is 1. The highest BCUT2D eigenvalue weighted by atomic mass is 15.3. The number of likely N-dealkylation sites (tertiary alicyclic amines) is 1. The molecule has 4 saturated carbocycles. The molecule has 1 unspecified atom stereocenters. The fourth-order valence-corrected chi connectivity index (χ4v) is 6.73. The van der Waals surface area contributed by atoms with Crippen molar-refractivity contribution in [2.45, 2.75) is 69.9 Å². The van der Waals surface area contributed by atoms with E-state index in [-0.39, 0.29) is 0 Å². The first-order valence-corrected chi connectivity index (χ1v) is 8.74. The number of hydrogen-bond acceptors (Lipinski definition) is 2. The van der Waals surface area contributed by atoms with E-state index in [4.69, 9.17) is 5.73 Å². The van der Waals surface area contributed by atoms with Gasteiger partial charge in [0.25, 0.3) is 0 Å². The summed E-state index contributed by atoms with van der Waals surface area (Å²) in [4.78, 5) is 2.92. The molecule has 5 aliphatic rings. The van der Waals surface area contributed by atoms with E-state index in [0.717, 1.165) is 36.3 Å². The lowest BCUT2D eigenvalue weighted by molar-refractivity contribution is -0.135. The Kier molecular flexibility index (Phi) is 2.97. The molecular formula is C17H30N2. The van der Waals surface area contributed by atoms with Crippen molar-refractivity contribution in [1.29, 1.82) is 0 Å². The van der Waals surface area contributed by atoms with Gasteiger partial charge in [-0.15, -0.1) is 0 Å².